The van der Waals surface area contributed by atoms with E-state index in [1.54, 1.807) is 0 Å². The van der Waals surface area contributed by atoms with Gasteiger partial charge in [0, 0.05) is 4.47 Å². The van der Waals surface area contributed by atoms with Gasteiger partial charge in [-0.05, 0) is 39.3 Å². The second-order valence-corrected chi connectivity index (χ2v) is 6.36. The van der Waals surface area contributed by atoms with Crippen LogP contribution in [0.3, 0.4) is 0 Å². The first kappa shape index (κ1) is 13.8. The van der Waals surface area contributed by atoms with E-state index in [-0.39, 0.29) is 18.3 Å². The molecule has 0 saturated carbocycles. The van der Waals surface area contributed by atoms with E-state index in [4.69, 9.17) is 9.31 Å². The molecule has 0 unspecified atom stereocenters. The summed E-state index contributed by atoms with van der Waals surface area (Å²) in [6.07, 6.45) is 2.02. The van der Waals surface area contributed by atoms with Crippen LogP contribution in [0.15, 0.2) is 34.7 Å². The summed E-state index contributed by atoms with van der Waals surface area (Å²) in [6.45, 7) is 8.22. The summed E-state index contributed by atoms with van der Waals surface area (Å²) in [5.74, 6) is 1.95. The number of benzene rings is 1. The Morgan fingerprint density at radius 1 is 1.06 bits per heavy atom. The second kappa shape index (κ2) is 4.84. The first-order valence-electron chi connectivity index (χ1n) is 6.10. The lowest BCUT2D eigenvalue weighted by molar-refractivity contribution is 0.00578. The van der Waals surface area contributed by atoms with Gasteiger partial charge in [-0.25, -0.2) is 0 Å². The topological polar surface area (TPSA) is 18.5 Å². The van der Waals surface area contributed by atoms with E-state index in [9.17, 15) is 0 Å². The fourth-order valence-corrected chi connectivity index (χ4v) is 2.18. The molecule has 0 bridgehead atoms. The van der Waals surface area contributed by atoms with E-state index in [1.807, 2.05) is 36.3 Å². The van der Waals surface area contributed by atoms with Crippen LogP contribution in [0.25, 0.3) is 6.08 Å². The van der Waals surface area contributed by atoms with Crippen LogP contribution in [0, 0.1) is 0 Å². The molecule has 2 rings (SSSR count). The van der Waals surface area contributed by atoms with E-state index >= 15 is 0 Å². The first-order chi connectivity index (χ1) is 8.32. The van der Waals surface area contributed by atoms with Gasteiger partial charge in [0.05, 0.1) is 11.2 Å². The Labute approximate surface area is 118 Å². The third-order valence-electron chi connectivity index (χ3n) is 3.61. The van der Waals surface area contributed by atoms with Gasteiger partial charge in [0.25, 0.3) is 0 Å². The predicted octanol–water partition coefficient (Wildman–Crippen LogP) is 4.09. The molecule has 1 heterocycles. The highest BCUT2D eigenvalue weighted by Crippen LogP contribution is 2.37. The molecule has 0 amide bonds. The summed E-state index contributed by atoms with van der Waals surface area (Å²) in [7, 11) is -0.290. The lowest BCUT2D eigenvalue weighted by Gasteiger charge is -2.32. The molecule has 0 spiro atoms. The Morgan fingerprint density at radius 3 is 2.17 bits per heavy atom. The van der Waals surface area contributed by atoms with Crippen LogP contribution in [0.2, 0.25) is 0 Å². The zero-order valence-electron chi connectivity index (χ0n) is 11.2. The summed E-state index contributed by atoms with van der Waals surface area (Å²) in [6, 6.07) is 8.07. The lowest BCUT2D eigenvalue weighted by atomic mass is 9.89. The highest BCUT2D eigenvalue weighted by Gasteiger charge is 2.49. The van der Waals surface area contributed by atoms with Gasteiger partial charge in [-0.15, -0.1) is 0 Å². The van der Waals surface area contributed by atoms with Gasteiger partial charge in [0.2, 0.25) is 0 Å². The van der Waals surface area contributed by atoms with Crippen molar-refractivity contribution in [1.82, 2.24) is 0 Å². The molecule has 1 aromatic rings. The van der Waals surface area contributed by atoms with Crippen LogP contribution in [0.1, 0.15) is 33.3 Å². The molecule has 0 aromatic heterocycles. The van der Waals surface area contributed by atoms with Crippen molar-refractivity contribution in [2.45, 2.75) is 38.9 Å². The minimum atomic E-state index is -0.290. The smallest absolute Gasteiger partial charge is 0.400 e. The maximum absolute atomic E-state index is 5.90. The Kier molecular flexibility index (Phi) is 3.72. The Morgan fingerprint density at radius 2 is 1.61 bits per heavy atom. The molecule has 0 atom stereocenters. The normalized spacial score (nSPS) is 21.7. The molecule has 1 aromatic carbocycles. The predicted molar refractivity (Wildman–Crippen MR) is 79.3 cm³/mol. The molecule has 4 heteroatoms. The summed E-state index contributed by atoms with van der Waals surface area (Å²) >= 11 is 3.52. The summed E-state index contributed by atoms with van der Waals surface area (Å²) in [5, 5.41) is 0. The van der Waals surface area contributed by atoms with Crippen molar-refractivity contribution in [1.29, 1.82) is 0 Å². The van der Waals surface area contributed by atoms with E-state index < -0.39 is 0 Å². The fraction of sp³-hybridized carbons (Fsp3) is 0.429. The summed E-state index contributed by atoms with van der Waals surface area (Å²) in [5.41, 5.74) is 0.554. The monoisotopic (exact) mass is 308 g/mol. The molecule has 1 aliphatic heterocycles. The van der Waals surface area contributed by atoms with Gasteiger partial charge >= 0.3 is 7.12 Å². The van der Waals surface area contributed by atoms with Crippen molar-refractivity contribution in [3.63, 3.8) is 0 Å². The molecule has 0 N–H and O–H groups in total. The Hall–Kier alpha value is -0.575. The number of rotatable bonds is 2. The molecular formula is C14H18BBrO2. The maximum Gasteiger partial charge on any atom is 0.487 e. The van der Waals surface area contributed by atoms with Crippen LogP contribution in [-0.2, 0) is 9.31 Å². The lowest BCUT2D eigenvalue weighted by Crippen LogP contribution is -2.41. The van der Waals surface area contributed by atoms with Crippen LogP contribution in [0.5, 0.6) is 0 Å². The largest absolute Gasteiger partial charge is 0.487 e. The second-order valence-electron chi connectivity index (χ2n) is 5.51. The van der Waals surface area contributed by atoms with Crippen molar-refractivity contribution >= 4 is 29.1 Å². The Balaban J connectivity index is 2.11. The highest BCUT2D eigenvalue weighted by atomic mass is 79.9. The van der Waals surface area contributed by atoms with E-state index in [1.165, 1.54) is 0 Å². The van der Waals surface area contributed by atoms with Crippen molar-refractivity contribution < 1.29 is 9.31 Å². The highest BCUT2D eigenvalue weighted by molar-refractivity contribution is 9.10. The van der Waals surface area contributed by atoms with Gasteiger partial charge in [-0.1, -0.05) is 46.2 Å². The zero-order valence-corrected chi connectivity index (χ0v) is 12.8. The molecule has 96 valence electrons. The molecule has 1 saturated heterocycles. The van der Waals surface area contributed by atoms with Gasteiger partial charge in [-0.2, -0.15) is 0 Å². The molecule has 0 radical (unpaired) electrons. The quantitative estimate of drug-likeness (QED) is 0.766. The van der Waals surface area contributed by atoms with Crippen molar-refractivity contribution in [2.24, 2.45) is 0 Å². The van der Waals surface area contributed by atoms with E-state index in [2.05, 4.69) is 43.6 Å². The molecule has 1 fully saturated rings. The number of halogens is 1. The summed E-state index contributed by atoms with van der Waals surface area (Å²) < 4.78 is 12.9. The molecule has 1 aliphatic rings. The first-order valence-corrected chi connectivity index (χ1v) is 6.89. The minimum Gasteiger partial charge on any atom is -0.400 e. The average Bonchev–Trinajstić information content (AvgIpc) is 2.46. The van der Waals surface area contributed by atoms with Crippen molar-refractivity contribution in [3.8, 4) is 0 Å². The average molecular weight is 309 g/mol. The van der Waals surface area contributed by atoms with Gasteiger partial charge < -0.3 is 9.31 Å². The van der Waals surface area contributed by atoms with Crippen molar-refractivity contribution in [3.05, 3.63) is 40.3 Å². The van der Waals surface area contributed by atoms with Gasteiger partial charge in [0.15, 0.2) is 0 Å². The van der Waals surface area contributed by atoms with Crippen molar-refractivity contribution in [2.75, 3.05) is 0 Å². The van der Waals surface area contributed by atoms with Gasteiger partial charge in [0.1, 0.15) is 0 Å². The van der Waals surface area contributed by atoms with E-state index in [0.717, 1.165) is 10.0 Å². The molecule has 0 aliphatic carbocycles. The number of hydrogen-bond acceptors (Lipinski definition) is 2. The van der Waals surface area contributed by atoms with Crippen LogP contribution >= 0.6 is 15.9 Å². The van der Waals surface area contributed by atoms with E-state index in [0.29, 0.717) is 0 Å². The van der Waals surface area contributed by atoms with Crippen LogP contribution < -0.4 is 0 Å². The van der Waals surface area contributed by atoms with Crippen LogP contribution in [0.4, 0.5) is 0 Å². The third kappa shape index (κ3) is 2.71. The molecule has 2 nitrogen and oxygen atoms in total. The minimum absolute atomic E-state index is 0.282. The number of hydrogen-bond donors (Lipinski definition) is 0. The maximum atomic E-state index is 5.90. The Bertz CT molecular complexity index is 453. The summed E-state index contributed by atoms with van der Waals surface area (Å²) in [4.78, 5) is 0. The van der Waals surface area contributed by atoms with Crippen LogP contribution in [-0.4, -0.2) is 18.3 Å². The zero-order chi connectivity index (χ0) is 13.4. The van der Waals surface area contributed by atoms with Gasteiger partial charge in [-0.3, -0.25) is 0 Å². The standard InChI is InChI=1S/C14H18BBrO2/c1-13(2)14(3,4)18-15(17-13)10-9-11-7-5-6-8-12(11)16/h5-10H,1-4H3. The molecular weight excluding hydrogens is 291 g/mol. The SMILES string of the molecule is CC1(C)OB(C=Cc2ccccc2Br)OC1(C)C. The fourth-order valence-electron chi connectivity index (χ4n) is 1.76. The molecule has 18 heavy (non-hydrogen) atoms. The third-order valence-corrected chi connectivity index (χ3v) is 4.33.